The molecule has 214 valence electrons. The highest BCUT2D eigenvalue weighted by Crippen LogP contribution is 2.47. The number of nitrogens with zero attached hydrogens (tertiary/aromatic N) is 4. The van der Waals surface area contributed by atoms with Crippen LogP contribution < -0.4 is 15.0 Å². The van der Waals surface area contributed by atoms with Gasteiger partial charge in [0.1, 0.15) is 34.0 Å². The fourth-order valence-electron chi connectivity index (χ4n) is 5.70. The van der Waals surface area contributed by atoms with Crippen molar-refractivity contribution in [2.45, 2.75) is 49.7 Å². The fraction of sp³-hybridized carbons (Fsp3) is 0.467. The molecule has 3 fully saturated rings. The Labute approximate surface area is 246 Å². The largest absolute Gasteiger partial charge is 0.616 e. The van der Waals surface area contributed by atoms with Gasteiger partial charge in [-0.25, -0.2) is 14.4 Å². The van der Waals surface area contributed by atoms with Crippen LogP contribution in [0, 0.1) is 17.2 Å². The number of ether oxygens (including phenoxy) is 1. The molecular formula is C30H32FN5O3S2. The van der Waals surface area contributed by atoms with Gasteiger partial charge in [0.05, 0.1) is 48.7 Å². The summed E-state index contributed by atoms with van der Waals surface area (Å²) in [6.45, 7) is 1.52. The van der Waals surface area contributed by atoms with Crippen molar-refractivity contribution in [3.05, 3.63) is 48.3 Å². The van der Waals surface area contributed by atoms with Crippen LogP contribution in [0.4, 0.5) is 10.1 Å². The Morgan fingerprint density at radius 2 is 1.98 bits per heavy atom. The first-order valence-electron chi connectivity index (χ1n) is 14.0. The number of benzene rings is 1. The highest BCUT2D eigenvalue weighted by atomic mass is 32.2. The number of alkyl halides is 1. The molecule has 1 saturated heterocycles. The number of halogens is 1. The van der Waals surface area contributed by atoms with E-state index in [9.17, 15) is 19.0 Å². The first-order valence-corrected chi connectivity index (χ1v) is 16.3. The number of pyridine rings is 1. The summed E-state index contributed by atoms with van der Waals surface area (Å²) in [7, 11) is 1.59. The van der Waals surface area contributed by atoms with Gasteiger partial charge in [0.25, 0.3) is 0 Å². The highest BCUT2D eigenvalue weighted by molar-refractivity contribution is 7.91. The van der Waals surface area contributed by atoms with Gasteiger partial charge in [-0.3, -0.25) is 4.79 Å². The lowest BCUT2D eigenvalue weighted by molar-refractivity contribution is -0.128. The zero-order valence-corrected chi connectivity index (χ0v) is 24.5. The van der Waals surface area contributed by atoms with Crippen molar-refractivity contribution in [1.82, 2.24) is 15.3 Å². The Kier molecular flexibility index (Phi) is 7.90. The molecule has 41 heavy (non-hydrogen) atoms. The molecule has 0 bridgehead atoms. The summed E-state index contributed by atoms with van der Waals surface area (Å²) >= 11 is 0.768. The predicted octanol–water partition coefficient (Wildman–Crippen LogP) is 4.84. The summed E-state index contributed by atoms with van der Waals surface area (Å²) in [6, 6.07) is 14.2. The van der Waals surface area contributed by atoms with E-state index in [1.807, 2.05) is 12.1 Å². The van der Waals surface area contributed by atoms with E-state index in [2.05, 4.69) is 45.5 Å². The summed E-state index contributed by atoms with van der Waals surface area (Å²) in [5.41, 5.74) is 2.71. The van der Waals surface area contributed by atoms with E-state index in [-0.39, 0.29) is 18.2 Å². The van der Waals surface area contributed by atoms with E-state index in [1.165, 1.54) is 11.3 Å². The molecule has 2 aliphatic carbocycles. The van der Waals surface area contributed by atoms with Crippen LogP contribution >= 0.6 is 11.3 Å². The Morgan fingerprint density at radius 3 is 2.61 bits per heavy atom. The summed E-state index contributed by atoms with van der Waals surface area (Å²) in [6.07, 6.45) is 2.80. The Bertz CT molecular complexity index is 1430. The Balaban J connectivity index is 1.36. The summed E-state index contributed by atoms with van der Waals surface area (Å²) < 4.78 is 31.8. The van der Waals surface area contributed by atoms with Crippen molar-refractivity contribution in [2.75, 3.05) is 36.6 Å². The number of aromatic nitrogens is 2. The number of thiazole rings is 1. The third-order valence-electron chi connectivity index (χ3n) is 8.32. The van der Waals surface area contributed by atoms with E-state index in [1.54, 1.807) is 13.3 Å². The van der Waals surface area contributed by atoms with Crippen LogP contribution in [0.1, 0.15) is 43.7 Å². The first kappa shape index (κ1) is 27.9. The van der Waals surface area contributed by atoms with Crippen molar-refractivity contribution in [2.24, 2.45) is 5.92 Å². The molecule has 8 nitrogen and oxygen atoms in total. The third-order valence-corrected chi connectivity index (χ3v) is 10.7. The van der Waals surface area contributed by atoms with Gasteiger partial charge in [-0.1, -0.05) is 23.3 Å². The number of rotatable bonds is 7. The predicted molar refractivity (Wildman–Crippen MR) is 158 cm³/mol. The van der Waals surface area contributed by atoms with Crippen LogP contribution in [0.25, 0.3) is 21.1 Å². The number of methoxy groups -OCH3 is 1. The number of nitriles is 1. The van der Waals surface area contributed by atoms with Gasteiger partial charge in [0.2, 0.25) is 5.91 Å². The van der Waals surface area contributed by atoms with Gasteiger partial charge < -0.3 is 19.5 Å². The van der Waals surface area contributed by atoms with Crippen molar-refractivity contribution in [1.29, 1.82) is 5.26 Å². The normalized spacial score (nSPS) is 24.0. The second-order valence-electron chi connectivity index (χ2n) is 11.0. The van der Waals surface area contributed by atoms with Crippen molar-refractivity contribution in [3.8, 4) is 33.0 Å². The maximum absolute atomic E-state index is 14.7. The standard InChI is InChI=1S/C30H32FN5O3S2/c1-39-22-7-9-25(33-17-22)29-34-26(23-8-4-20(31)16-24(23)28(37)35-30(18-32)10-11-30)27(40-29)19-2-5-21(6-3-19)36-12-14-41(38)15-13-36/h2-3,5-7,9,17,20,23-24H,4,8,10-16H2,1H3,(H,35,37)/t20-,23+,24?/m0/s1. The van der Waals surface area contributed by atoms with Crippen LogP contribution in [0.3, 0.4) is 0 Å². The molecule has 1 amide bonds. The number of nitrogens with one attached hydrogen (secondary N) is 1. The quantitative estimate of drug-likeness (QED) is 0.390. The van der Waals surface area contributed by atoms with Crippen molar-refractivity contribution >= 4 is 34.1 Å². The van der Waals surface area contributed by atoms with E-state index < -0.39 is 28.8 Å². The number of amides is 1. The molecule has 1 aliphatic heterocycles. The highest BCUT2D eigenvalue weighted by Gasteiger charge is 2.48. The second-order valence-corrected chi connectivity index (χ2v) is 13.7. The number of anilines is 1. The smallest absolute Gasteiger partial charge is 0.225 e. The zero-order chi connectivity index (χ0) is 28.6. The molecule has 3 heterocycles. The first-order chi connectivity index (χ1) is 19.9. The van der Waals surface area contributed by atoms with Crippen LogP contribution in [0.2, 0.25) is 0 Å². The minimum absolute atomic E-state index is 0.111. The van der Waals surface area contributed by atoms with Crippen LogP contribution in [-0.2, 0) is 16.0 Å². The summed E-state index contributed by atoms with van der Waals surface area (Å²) in [5.74, 6) is 0.825. The molecule has 0 spiro atoms. The Morgan fingerprint density at radius 1 is 1.22 bits per heavy atom. The Hall–Kier alpha value is -3.20. The zero-order valence-electron chi connectivity index (χ0n) is 22.8. The van der Waals surface area contributed by atoms with E-state index in [0.717, 1.165) is 39.9 Å². The van der Waals surface area contributed by atoms with Gasteiger partial charge in [-0.2, -0.15) is 5.26 Å². The average Bonchev–Trinajstić information content (AvgIpc) is 3.64. The lowest BCUT2D eigenvalue weighted by Crippen LogP contribution is -2.44. The van der Waals surface area contributed by atoms with E-state index >= 15 is 0 Å². The average molecular weight is 594 g/mol. The SMILES string of the molecule is COc1ccc(-c2nc([C@@H]3CC[C@H](F)CC3C(=O)NC3(C#N)CC3)c(-c3ccc(N4CC[S+]([O-])CC4)cc3)s2)nc1. The molecule has 3 atom stereocenters. The molecule has 1 unspecified atom stereocenters. The summed E-state index contributed by atoms with van der Waals surface area (Å²) in [5, 5.41) is 13.2. The molecule has 6 rings (SSSR count). The van der Waals surface area contributed by atoms with Gasteiger partial charge >= 0.3 is 0 Å². The second kappa shape index (κ2) is 11.6. The fourth-order valence-corrected chi connectivity index (χ4v) is 7.87. The molecule has 0 radical (unpaired) electrons. The molecule has 3 aromatic rings. The molecular weight excluding hydrogens is 561 g/mol. The van der Waals surface area contributed by atoms with Gasteiger partial charge in [-0.05, 0) is 61.9 Å². The van der Waals surface area contributed by atoms with E-state index in [4.69, 9.17) is 9.72 Å². The van der Waals surface area contributed by atoms with Crippen LogP contribution in [0.15, 0.2) is 42.6 Å². The van der Waals surface area contributed by atoms with Crippen molar-refractivity contribution in [3.63, 3.8) is 0 Å². The topological polar surface area (TPSA) is 114 Å². The molecule has 1 N–H and O–H groups in total. The minimum Gasteiger partial charge on any atom is -0.616 e. The summed E-state index contributed by atoms with van der Waals surface area (Å²) in [4.78, 5) is 26.3. The van der Waals surface area contributed by atoms with Gasteiger partial charge in [-0.15, -0.1) is 11.3 Å². The molecule has 3 aliphatic rings. The van der Waals surface area contributed by atoms with Crippen LogP contribution in [0.5, 0.6) is 5.75 Å². The number of hydrogen-bond acceptors (Lipinski definition) is 8. The maximum atomic E-state index is 14.7. The van der Waals surface area contributed by atoms with Crippen molar-refractivity contribution < 1.29 is 18.5 Å². The maximum Gasteiger partial charge on any atom is 0.225 e. The molecule has 2 saturated carbocycles. The lowest BCUT2D eigenvalue weighted by Gasteiger charge is -2.32. The molecule has 2 aromatic heterocycles. The minimum atomic E-state index is -1.07. The monoisotopic (exact) mass is 593 g/mol. The van der Waals surface area contributed by atoms with Gasteiger partial charge in [0, 0.05) is 17.5 Å². The lowest BCUT2D eigenvalue weighted by atomic mass is 9.75. The van der Waals surface area contributed by atoms with Gasteiger partial charge in [0.15, 0.2) is 0 Å². The molecule has 11 heteroatoms. The van der Waals surface area contributed by atoms with E-state index in [0.29, 0.717) is 48.6 Å². The number of hydrogen-bond donors (Lipinski definition) is 1. The third kappa shape index (κ3) is 5.92. The van der Waals surface area contributed by atoms with Crippen LogP contribution in [-0.4, -0.2) is 63.8 Å². The number of carbonyl (C=O) groups excluding carboxylic acids is 1. The number of carbonyl (C=O) groups is 1. The molecule has 1 aromatic carbocycles.